The third-order valence-corrected chi connectivity index (χ3v) is 3.47. The third-order valence-electron chi connectivity index (χ3n) is 2.45. The Balaban J connectivity index is 2.33. The van der Waals surface area contributed by atoms with Crippen LogP contribution < -0.4 is 0 Å². The maximum atomic E-state index is 5.65. The zero-order valence-corrected chi connectivity index (χ0v) is 9.34. The van der Waals surface area contributed by atoms with Gasteiger partial charge in [0.15, 0.2) is 0 Å². The predicted molar refractivity (Wildman–Crippen MR) is 58.6 cm³/mol. The van der Waals surface area contributed by atoms with Gasteiger partial charge in [0.2, 0.25) is 4.38 Å². The molecule has 0 radical (unpaired) electrons. The average Bonchev–Trinajstić information content (AvgIpc) is 2.09. The first-order chi connectivity index (χ1) is 5.74. The summed E-state index contributed by atoms with van der Waals surface area (Å²) in [5.74, 6) is 0.684. The van der Waals surface area contributed by atoms with Gasteiger partial charge < -0.3 is 4.74 Å². The fourth-order valence-corrected chi connectivity index (χ4v) is 1.97. The van der Waals surface area contributed by atoms with E-state index in [-0.39, 0.29) is 0 Å². The average molecular weight is 204 g/mol. The van der Waals surface area contributed by atoms with Crippen LogP contribution in [0.2, 0.25) is 0 Å². The largest absolute Gasteiger partial charge is 0.475 e. The van der Waals surface area contributed by atoms with Gasteiger partial charge in [-0.25, -0.2) is 0 Å². The Morgan fingerprint density at radius 3 is 2.67 bits per heavy atom. The van der Waals surface area contributed by atoms with Crippen molar-refractivity contribution >= 4 is 28.4 Å². The Bertz CT molecular complexity index is 159. The maximum absolute atomic E-state index is 5.65. The lowest BCUT2D eigenvalue weighted by atomic mass is 9.88. The van der Waals surface area contributed by atoms with Gasteiger partial charge in [0, 0.05) is 0 Å². The summed E-state index contributed by atoms with van der Waals surface area (Å²) in [5, 5.41) is 0. The molecule has 0 saturated heterocycles. The first-order valence-corrected chi connectivity index (χ1v) is 6.12. The Morgan fingerprint density at radius 2 is 2.08 bits per heavy atom. The lowest BCUT2D eigenvalue weighted by Crippen LogP contribution is -2.26. The molecule has 0 N–H and O–H groups in total. The van der Waals surface area contributed by atoms with Crippen LogP contribution in [0.1, 0.15) is 32.6 Å². The van der Waals surface area contributed by atoms with E-state index in [2.05, 4.69) is 6.92 Å². The molecule has 0 bridgehead atoms. The van der Waals surface area contributed by atoms with Crippen molar-refractivity contribution in [2.24, 2.45) is 5.92 Å². The molecule has 0 unspecified atom stereocenters. The summed E-state index contributed by atoms with van der Waals surface area (Å²) in [6, 6.07) is 0. The SMILES string of the molecule is CSC(=S)O[C@@H]1CCCC[C@@H]1C. The zero-order chi connectivity index (χ0) is 8.97. The van der Waals surface area contributed by atoms with Crippen molar-refractivity contribution in [2.75, 3.05) is 6.26 Å². The maximum Gasteiger partial charge on any atom is 0.219 e. The van der Waals surface area contributed by atoms with E-state index in [9.17, 15) is 0 Å². The molecule has 0 aliphatic heterocycles. The van der Waals surface area contributed by atoms with E-state index in [1.165, 1.54) is 37.4 Å². The first kappa shape index (κ1) is 10.3. The molecule has 0 amide bonds. The normalized spacial score (nSPS) is 29.8. The van der Waals surface area contributed by atoms with Gasteiger partial charge in [-0.2, -0.15) is 0 Å². The minimum atomic E-state index is 0.388. The Morgan fingerprint density at radius 1 is 1.42 bits per heavy atom. The number of hydrogen-bond donors (Lipinski definition) is 0. The molecule has 1 fully saturated rings. The second-order valence-electron chi connectivity index (χ2n) is 3.37. The second-order valence-corrected chi connectivity index (χ2v) is 4.78. The molecule has 1 nitrogen and oxygen atoms in total. The molecule has 1 aliphatic carbocycles. The second kappa shape index (κ2) is 5.07. The fourth-order valence-electron chi connectivity index (χ4n) is 1.63. The number of thiocarbonyl (C=S) groups is 1. The molecular formula is C9H16OS2. The molecule has 2 atom stereocenters. The van der Waals surface area contributed by atoms with Crippen molar-refractivity contribution in [1.29, 1.82) is 0 Å². The van der Waals surface area contributed by atoms with Gasteiger partial charge >= 0.3 is 0 Å². The number of thioether (sulfide) groups is 1. The van der Waals surface area contributed by atoms with Crippen molar-refractivity contribution in [3.63, 3.8) is 0 Å². The molecule has 1 rings (SSSR count). The molecule has 0 aromatic heterocycles. The molecule has 12 heavy (non-hydrogen) atoms. The monoisotopic (exact) mass is 204 g/mol. The highest BCUT2D eigenvalue weighted by atomic mass is 32.2. The quantitative estimate of drug-likeness (QED) is 0.607. The highest BCUT2D eigenvalue weighted by Gasteiger charge is 2.23. The van der Waals surface area contributed by atoms with E-state index in [1.54, 1.807) is 0 Å². The third kappa shape index (κ3) is 2.94. The van der Waals surface area contributed by atoms with Crippen LogP contribution >= 0.6 is 24.0 Å². The molecule has 1 saturated carbocycles. The van der Waals surface area contributed by atoms with Crippen LogP contribution in [0, 0.1) is 5.92 Å². The van der Waals surface area contributed by atoms with E-state index >= 15 is 0 Å². The van der Waals surface area contributed by atoms with Gasteiger partial charge in [0.1, 0.15) is 6.10 Å². The van der Waals surface area contributed by atoms with E-state index in [1.807, 2.05) is 6.26 Å². The van der Waals surface area contributed by atoms with Crippen LogP contribution in [0.4, 0.5) is 0 Å². The zero-order valence-electron chi connectivity index (χ0n) is 7.71. The summed E-state index contributed by atoms with van der Waals surface area (Å²) in [6.45, 7) is 2.26. The molecular weight excluding hydrogens is 188 g/mol. The minimum absolute atomic E-state index is 0.388. The van der Waals surface area contributed by atoms with Crippen LogP contribution in [0.25, 0.3) is 0 Å². The van der Waals surface area contributed by atoms with Gasteiger partial charge in [0.25, 0.3) is 0 Å². The Hall–Kier alpha value is 0.240. The molecule has 1 aliphatic rings. The Labute approximate surface area is 84.2 Å². The summed E-state index contributed by atoms with van der Waals surface area (Å²) in [7, 11) is 0. The molecule has 0 aromatic carbocycles. The van der Waals surface area contributed by atoms with Crippen LogP contribution in [-0.2, 0) is 4.74 Å². The smallest absolute Gasteiger partial charge is 0.219 e. The molecule has 0 spiro atoms. The van der Waals surface area contributed by atoms with Crippen molar-refractivity contribution in [3.05, 3.63) is 0 Å². The van der Waals surface area contributed by atoms with E-state index in [0.29, 0.717) is 16.4 Å². The van der Waals surface area contributed by atoms with Gasteiger partial charge in [0.05, 0.1) is 0 Å². The van der Waals surface area contributed by atoms with Crippen molar-refractivity contribution in [2.45, 2.75) is 38.7 Å². The van der Waals surface area contributed by atoms with Crippen molar-refractivity contribution in [3.8, 4) is 0 Å². The fraction of sp³-hybridized carbons (Fsp3) is 0.889. The summed E-state index contributed by atoms with van der Waals surface area (Å²) >= 11 is 6.56. The van der Waals surface area contributed by atoms with Gasteiger partial charge in [-0.05, 0) is 43.7 Å². The molecule has 0 aromatic rings. The van der Waals surface area contributed by atoms with Crippen molar-refractivity contribution in [1.82, 2.24) is 0 Å². The van der Waals surface area contributed by atoms with Crippen molar-refractivity contribution < 1.29 is 4.74 Å². The minimum Gasteiger partial charge on any atom is -0.475 e. The highest BCUT2D eigenvalue weighted by molar-refractivity contribution is 8.22. The predicted octanol–water partition coefficient (Wildman–Crippen LogP) is 3.23. The lowest BCUT2D eigenvalue weighted by molar-refractivity contribution is 0.0994. The van der Waals surface area contributed by atoms with Crippen LogP contribution in [0.5, 0.6) is 0 Å². The van der Waals surface area contributed by atoms with Crippen LogP contribution in [0.15, 0.2) is 0 Å². The van der Waals surface area contributed by atoms with Crippen LogP contribution in [0.3, 0.4) is 0 Å². The van der Waals surface area contributed by atoms with Gasteiger partial charge in [-0.1, -0.05) is 25.1 Å². The summed E-state index contributed by atoms with van der Waals surface area (Å²) in [4.78, 5) is 0. The van der Waals surface area contributed by atoms with Crippen LogP contribution in [-0.4, -0.2) is 16.7 Å². The standard InChI is InChI=1S/C9H16OS2/c1-7-5-3-4-6-8(7)10-9(11)12-2/h7-8H,3-6H2,1-2H3/t7-,8+/m0/s1. The summed E-state index contributed by atoms with van der Waals surface area (Å²) < 4.78 is 6.35. The number of hydrogen-bond acceptors (Lipinski definition) is 3. The number of rotatable bonds is 1. The first-order valence-electron chi connectivity index (χ1n) is 4.48. The van der Waals surface area contributed by atoms with E-state index < -0.39 is 0 Å². The van der Waals surface area contributed by atoms with E-state index in [0.717, 1.165) is 0 Å². The molecule has 0 heterocycles. The molecule has 3 heteroatoms. The number of ether oxygens (including phenoxy) is 1. The van der Waals surface area contributed by atoms with Gasteiger partial charge in [-0.3, -0.25) is 0 Å². The van der Waals surface area contributed by atoms with E-state index in [4.69, 9.17) is 17.0 Å². The topological polar surface area (TPSA) is 9.23 Å². The summed E-state index contributed by atoms with van der Waals surface area (Å²) in [5.41, 5.74) is 0. The Kier molecular flexibility index (Phi) is 4.36. The highest BCUT2D eigenvalue weighted by Crippen LogP contribution is 2.27. The summed E-state index contributed by atoms with van der Waals surface area (Å²) in [6.07, 6.45) is 7.48. The lowest BCUT2D eigenvalue weighted by Gasteiger charge is -2.28. The van der Waals surface area contributed by atoms with Gasteiger partial charge in [-0.15, -0.1) is 0 Å². The molecule has 70 valence electrons.